The first-order valence-corrected chi connectivity index (χ1v) is 12.5. The third-order valence-corrected chi connectivity index (χ3v) is 6.87. The lowest BCUT2D eigenvalue weighted by molar-refractivity contribution is -0.137. The maximum Gasteiger partial charge on any atom is 0.418 e. The van der Waals surface area contributed by atoms with E-state index in [1.165, 1.54) is 23.9 Å². The number of hydrogen-bond acceptors (Lipinski definition) is 6. The van der Waals surface area contributed by atoms with Crippen LogP contribution >= 0.6 is 36.2 Å². The average Bonchev–Trinajstić information content (AvgIpc) is 2.75. The molecule has 0 unspecified atom stereocenters. The number of benzene rings is 3. The van der Waals surface area contributed by atoms with Gasteiger partial charge in [-0.25, -0.2) is 0 Å². The quantitative estimate of drug-likeness (QED) is 0.0750. The number of nitrogens with two attached hydrogens (primary N) is 1. The Morgan fingerprint density at radius 3 is 1.83 bits per heavy atom. The van der Waals surface area contributed by atoms with E-state index in [0.29, 0.717) is 10.8 Å². The molecule has 3 aromatic carbocycles. The molecule has 3 rings (SSSR count). The largest absolute Gasteiger partial charge is 0.418 e. The number of alkyl halides is 6. The number of nitrogen functional groups attached to an aromatic ring is 1. The van der Waals surface area contributed by atoms with Gasteiger partial charge in [0, 0.05) is 31.7 Å². The van der Waals surface area contributed by atoms with Crippen molar-refractivity contribution < 1.29 is 26.3 Å². The van der Waals surface area contributed by atoms with Crippen molar-refractivity contribution in [3.8, 4) is 0 Å². The molecule has 0 saturated heterocycles. The topological polar surface area (TPSA) is 50.1 Å². The van der Waals surface area contributed by atoms with E-state index in [0.717, 1.165) is 46.1 Å². The van der Waals surface area contributed by atoms with E-state index < -0.39 is 29.2 Å². The van der Waals surface area contributed by atoms with Crippen molar-refractivity contribution >= 4 is 53.2 Å². The lowest BCUT2D eigenvalue weighted by Crippen LogP contribution is -2.11. The molecule has 0 aliphatic heterocycles. The third-order valence-electron chi connectivity index (χ3n) is 4.84. The van der Waals surface area contributed by atoms with Crippen molar-refractivity contribution in [2.24, 2.45) is 0 Å². The molecular weight excluding hydrogens is 528 g/mol. The zero-order valence-corrected chi connectivity index (χ0v) is 20.7. The molecule has 0 bridgehead atoms. The monoisotopic (exact) mass is 549 g/mol. The molecule has 0 atom stereocenters. The van der Waals surface area contributed by atoms with E-state index in [1.54, 1.807) is 6.07 Å². The van der Waals surface area contributed by atoms with E-state index in [1.807, 2.05) is 25.1 Å². The summed E-state index contributed by atoms with van der Waals surface area (Å²) in [7, 11) is 0. The number of rotatable bonds is 8. The van der Waals surface area contributed by atoms with Crippen molar-refractivity contribution in [2.45, 2.75) is 34.0 Å². The maximum absolute atomic E-state index is 13.7. The van der Waals surface area contributed by atoms with Crippen molar-refractivity contribution in [3.63, 3.8) is 0 Å². The molecule has 12 heteroatoms. The molecule has 0 radical (unpaired) electrons. The van der Waals surface area contributed by atoms with Crippen molar-refractivity contribution in [3.05, 3.63) is 71.3 Å². The Hall–Kier alpha value is -2.31. The van der Waals surface area contributed by atoms with Gasteiger partial charge < -0.3 is 16.4 Å². The molecule has 188 valence electrons. The highest BCUT2D eigenvalue weighted by atomic mass is 32.2. The molecule has 0 saturated carbocycles. The molecule has 0 aliphatic rings. The van der Waals surface area contributed by atoms with Gasteiger partial charge in [0.1, 0.15) is 0 Å². The van der Waals surface area contributed by atoms with E-state index in [4.69, 9.17) is 5.73 Å². The van der Waals surface area contributed by atoms with Crippen LogP contribution in [0.25, 0.3) is 0 Å². The normalized spacial score (nSPS) is 12.0. The summed E-state index contributed by atoms with van der Waals surface area (Å²) in [4.78, 5) is 1.46. The molecular formula is C23H21F6N3S3. The summed E-state index contributed by atoms with van der Waals surface area (Å²) < 4.78 is 80.1. The van der Waals surface area contributed by atoms with Gasteiger partial charge in [0.15, 0.2) is 0 Å². The Morgan fingerprint density at radius 1 is 0.743 bits per heavy atom. The minimum Gasteiger partial charge on any atom is -0.398 e. The molecule has 3 nitrogen and oxygen atoms in total. The fourth-order valence-electron chi connectivity index (χ4n) is 3.11. The predicted octanol–water partition coefficient (Wildman–Crippen LogP) is 8.23. The molecule has 0 aliphatic carbocycles. The van der Waals surface area contributed by atoms with Crippen LogP contribution in [-0.4, -0.2) is 11.8 Å². The van der Waals surface area contributed by atoms with Crippen LogP contribution in [0.15, 0.2) is 69.3 Å². The number of anilines is 3. The lowest BCUT2D eigenvalue weighted by atomic mass is 10.1. The summed E-state index contributed by atoms with van der Waals surface area (Å²) in [5.74, 6) is 0.282. The van der Waals surface area contributed by atoms with Crippen molar-refractivity contribution in [1.29, 1.82) is 0 Å². The Balaban J connectivity index is 1.66. The van der Waals surface area contributed by atoms with Crippen LogP contribution in [-0.2, 0) is 12.4 Å². The van der Waals surface area contributed by atoms with E-state index in [9.17, 15) is 26.3 Å². The molecule has 0 amide bonds. The van der Waals surface area contributed by atoms with E-state index in [-0.39, 0.29) is 16.5 Å². The third kappa shape index (κ3) is 7.58. The molecule has 0 spiro atoms. The second-order valence-electron chi connectivity index (χ2n) is 7.38. The second kappa shape index (κ2) is 11.2. The number of halogens is 6. The second-order valence-corrected chi connectivity index (χ2v) is 10.00. The zero-order chi connectivity index (χ0) is 25.8. The Labute approximate surface area is 212 Å². The average molecular weight is 550 g/mol. The fourth-order valence-corrected chi connectivity index (χ4v) is 4.90. The Kier molecular flexibility index (Phi) is 8.71. The first-order chi connectivity index (χ1) is 16.3. The van der Waals surface area contributed by atoms with Gasteiger partial charge in [-0.15, -0.1) is 36.2 Å². The van der Waals surface area contributed by atoms with Crippen LogP contribution in [0.2, 0.25) is 0 Å². The van der Waals surface area contributed by atoms with Crippen LogP contribution in [0.3, 0.4) is 0 Å². The molecule has 0 heterocycles. The minimum atomic E-state index is -4.62. The van der Waals surface area contributed by atoms with Gasteiger partial charge in [-0.05, 0) is 67.1 Å². The standard InChI is InChI=1S/C23H21F6N3S3/c1-13-8-14(33)2-6-20(13)31-11-34-16-4-7-21(18(10-16)23(27,28)29)32-12-35-15-3-5-19(30)17(9-15)22(24,25)26/h2-10,31-33H,11-12,30H2,1H3. The highest BCUT2D eigenvalue weighted by Crippen LogP contribution is 2.39. The van der Waals surface area contributed by atoms with Gasteiger partial charge in [-0.3, -0.25) is 0 Å². The zero-order valence-electron chi connectivity index (χ0n) is 18.2. The van der Waals surface area contributed by atoms with Gasteiger partial charge in [-0.1, -0.05) is 0 Å². The van der Waals surface area contributed by atoms with Crippen LogP contribution < -0.4 is 16.4 Å². The summed E-state index contributed by atoms with van der Waals surface area (Å²) in [5, 5.41) is 5.83. The minimum absolute atomic E-state index is 0.0707. The first-order valence-electron chi connectivity index (χ1n) is 10.1. The molecule has 0 fully saturated rings. The van der Waals surface area contributed by atoms with Crippen LogP contribution in [0, 0.1) is 6.92 Å². The van der Waals surface area contributed by atoms with Crippen LogP contribution in [0.5, 0.6) is 0 Å². The van der Waals surface area contributed by atoms with Crippen molar-refractivity contribution in [1.82, 2.24) is 0 Å². The summed E-state index contributed by atoms with van der Waals surface area (Å²) in [6, 6.07) is 12.9. The molecule has 3 aromatic rings. The fraction of sp³-hybridized carbons (Fsp3) is 0.217. The van der Waals surface area contributed by atoms with Gasteiger partial charge in [0.05, 0.1) is 22.9 Å². The number of hydrogen-bond donors (Lipinski definition) is 4. The summed E-state index contributed by atoms with van der Waals surface area (Å²) in [6.45, 7) is 1.90. The summed E-state index contributed by atoms with van der Waals surface area (Å²) in [5.41, 5.74) is 4.80. The van der Waals surface area contributed by atoms with Crippen LogP contribution in [0.4, 0.5) is 43.4 Å². The Bertz CT molecular complexity index is 1180. The predicted molar refractivity (Wildman–Crippen MR) is 134 cm³/mol. The molecule has 0 aromatic heterocycles. The van der Waals surface area contributed by atoms with E-state index >= 15 is 0 Å². The molecule has 35 heavy (non-hydrogen) atoms. The van der Waals surface area contributed by atoms with Gasteiger partial charge in [0.25, 0.3) is 0 Å². The number of thioether (sulfide) groups is 2. The SMILES string of the molecule is Cc1cc(S)ccc1NCSc1ccc(NCSc2ccc(N)c(C(F)(F)F)c2)c(C(F)(F)F)c1. The summed E-state index contributed by atoms with van der Waals surface area (Å²) in [6.07, 6.45) is -9.23. The molecule has 4 N–H and O–H groups in total. The highest BCUT2D eigenvalue weighted by molar-refractivity contribution is 7.99. The van der Waals surface area contributed by atoms with Gasteiger partial charge >= 0.3 is 12.4 Å². The summed E-state index contributed by atoms with van der Waals surface area (Å²) >= 11 is 6.41. The maximum atomic E-state index is 13.7. The van der Waals surface area contributed by atoms with Crippen LogP contribution in [0.1, 0.15) is 16.7 Å². The van der Waals surface area contributed by atoms with Crippen molar-refractivity contribution in [2.75, 3.05) is 28.1 Å². The van der Waals surface area contributed by atoms with E-state index in [2.05, 4.69) is 23.3 Å². The number of aryl methyl sites for hydroxylation is 1. The van der Waals surface area contributed by atoms with Gasteiger partial charge in [0.2, 0.25) is 0 Å². The highest BCUT2D eigenvalue weighted by Gasteiger charge is 2.34. The number of nitrogens with one attached hydrogen (secondary N) is 2. The first kappa shape index (κ1) is 27.3. The Morgan fingerprint density at radius 2 is 1.26 bits per heavy atom. The number of thiol groups is 1. The van der Waals surface area contributed by atoms with Gasteiger partial charge in [-0.2, -0.15) is 26.3 Å². The lowest BCUT2D eigenvalue weighted by Gasteiger charge is -2.17. The smallest absolute Gasteiger partial charge is 0.398 e.